The lowest BCUT2D eigenvalue weighted by molar-refractivity contribution is -0.168. The predicted molar refractivity (Wildman–Crippen MR) is 270 cm³/mol. The molecule has 8 nitrogen and oxygen atoms in total. The van der Waals surface area contributed by atoms with E-state index >= 15 is 0 Å². The van der Waals surface area contributed by atoms with Crippen molar-refractivity contribution in [3.05, 3.63) is 0 Å². The molecule has 0 aliphatic carbocycles. The van der Waals surface area contributed by atoms with E-state index in [1.54, 1.807) is 0 Å². The van der Waals surface area contributed by atoms with E-state index in [9.17, 15) is 20.1 Å². The Bertz CT molecular complexity index is 985. The van der Waals surface area contributed by atoms with Gasteiger partial charge in [0, 0.05) is 32.6 Å². The molecular formula is C55H109N3O5. The van der Waals surface area contributed by atoms with Crippen LogP contribution in [0.3, 0.4) is 0 Å². The Balaban J connectivity index is 2.76. The van der Waals surface area contributed by atoms with Crippen LogP contribution in [0.2, 0.25) is 0 Å². The number of carbonyl (C=O) groups excluding carboxylic acids is 1. The number of β-amino-alcohol motifs (C(OH)–C–C–N with tert-alkyl or cyclic N) is 1. The van der Waals surface area contributed by atoms with Crippen LogP contribution in [-0.4, -0.2) is 93.6 Å². The number of morpholine rings is 1. The summed E-state index contributed by atoms with van der Waals surface area (Å²) in [5.41, 5.74) is 0. The third kappa shape index (κ3) is 34.7. The van der Waals surface area contributed by atoms with Gasteiger partial charge >= 0.3 is 5.97 Å². The Morgan fingerprint density at radius 1 is 0.524 bits per heavy atom. The first-order valence-corrected chi connectivity index (χ1v) is 28.1. The van der Waals surface area contributed by atoms with Gasteiger partial charge in [-0.1, -0.05) is 233 Å². The van der Waals surface area contributed by atoms with Gasteiger partial charge in [0.25, 0.3) is 0 Å². The fraction of sp³-hybridized carbons (Fsp3) is 0.964. The highest BCUT2D eigenvalue weighted by atomic mass is 16.5. The van der Waals surface area contributed by atoms with Crippen LogP contribution in [0.25, 0.3) is 0 Å². The highest BCUT2D eigenvalue weighted by Gasteiger charge is 2.36. The molecule has 0 radical (unpaired) electrons. The van der Waals surface area contributed by atoms with Gasteiger partial charge in [0.2, 0.25) is 0 Å². The number of carbonyl (C=O) groups is 1. The number of hydrogen-bond acceptors (Lipinski definition) is 7. The Kier molecular flexibility index (Phi) is 41.2. The van der Waals surface area contributed by atoms with Crippen LogP contribution < -0.4 is 0 Å². The molecule has 0 aromatic rings. The molecule has 1 saturated heterocycles. The van der Waals surface area contributed by atoms with Gasteiger partial charge in [-0.2, -0.15) is 0 Å². The van der Waals surface area contributed by atoms with Gasteiger partial charge in [-0.05, 0) is 44.9 Å². The molecule has 1 fully saturated rings. The SMILES string of the molecule is CCCCCCCCCCC(O)CN(CC(O)CCCCCCCCCC)C(=N)CCCCC1C(=O)OC(CCCCCCCCCC)CN1CC(O)CCCCCCCCCC. The van der Waals surface area contributed by atoms with Gasteiger partial charge in [-0.15, -0.1) is 0 Å². The molecule has 1 rings (SSSR count). The minimum Gasteiger partial charge on any atom is -0.460 e. The molecule has 1 aliphatic heterocycles. The number of ether oxygens (including phenoxy) is 1. The monoisotopic (exact) mass is 892 g/mol. The van der Waals surface area contributed by atoms with Crippen molar-refractivity contribution in [2.45, 2.75) is 315 Å². The summed E-state index contributed by atoms with van der Waals surface area (Å²) >= 11 is 0. The molecule has 1 aliphatic rings. The van der Waals surface area contributed by atoms with Crippen molar-refractivity contribution >= 4 is 11.8 Å². The summed E-state index contributed by atoms with van der Waals surface area (Å²) in [5.74, 6) is 0.337. The van der Waals surface area contributed by atoms with E-state index < -0.39 is 18.3 Å². The number of hydrogen-bond donors (Lipinski definition) is 4. The summed E-state index contributed by atoms with van der Waals surface area (Å²) in [4.78, 5) is 17.8. The van der Waals surface area contributed by atoms with Crippen LogP contribution in [-0.2, 0) is 9.53 Å². The first-order chi connectivity index (χ1) is 30.7. The number of rotatable bonds is 47. The molecule has 0 saturated carbocycles. The molecule has 0 aromatic heterocycles. The average molecular weight is 892 g/mol. The van der Waals surface area contributed by atoms with Crippen molar-refractivity contribution in [3.8, 4) is 0 Å². The summed E-state index contributed by atoms with van der Waals surface area (Å²) < 4.78 is 6.10. The Morgan fingerprint density at radius 2 is 0.873 bits per heavy atom. The minimum absolute atomic E-state index is 0.111. The lowest BCUT2D eigenvalue weighted by Crippen LogP contribution is -2.54. The van der Waals surface area contributed by atoms with Gasteiger partial charge in [0.15, 0.2) is 0 Å². The third-order valence-electron chi connectivity index (χ3n) is 13.8. The maximum absolute atomic E-state index is 13.6. The van der Waals surface area contributed by atoms with E-state index in [-0.39, 0.29) is 18.1 Å². The summed E-state index contributed by atoms with van der Waals surface area (Å²) in [5, 5.41) is 42.6. The number of amidine groups is 1. The van der Waals surface area contributed by atoms with Gasteiger partial charge < -0.3 is 25.0 Å². The van der Waals surface area contributed by atoms with Gasteiger partial charge in [-0.3, -0.25) is 15.1 Å². The quantitative estimate of drug-likeness (QED) is 0.0208. The second kappa shape index (κ2) is 43.4. The lowest BCUT2D eigenvalue weighted by atomic mass is 9.99. The van der Waals surface area contributed by atoms with Crippen molar-refractivity contribution in [1.82, 2.24) is 9.80 Å². The Hall–Kier alpha value is -1.22. The highest BCUT2D eigenvalue weighted by molar-refractivity contribution is 5.79. The first-order valence-electron chi connectivity index (χ1n) is 28.1. The number of nitrogens with one attached hydrogen (secondary N) is 1. The summed E-state index contributed by atoms with van der Waals surface area (Å²) in [6, 6.07) is -0.361. The van der Waals surface area contributed by atoms with Crippen molar-refractivity contribution in [2.24, 2.45) is 0 Å². The number of nitrogens with zero attached hydrogens (tertiary/aromatic N) is 2. The van der Waals surface area contributed by atoms with Crippen LogP contribution in [0.1, 0.15) is 285 Å². The second-order valence-electron chi connectivity index (χ2n) is 20.1. The second-order valence-corrected chi connectivity index (χ2v) is 20.1. The minimum atomic E-state index is -0.512. The third-order valence-corrected chi connectivity index (χ3v) is 13.8. The smallest absolute Gasteiger partial charge is 0.323 e. The van der Waals surface area contributed by atoms with Crippen LogP contribution in [0.15, 0.2) is 0 Å². The molecule has 1 heterocycles. The van der Waals surface area contributed by atoms with E-state index in [0.29, 0.717) is 44.9 Å². The van der Waals surface area contributed by atoms with Crippen LogP contribution in [0.5, 0.6) is 0 Å². The standard InChI is InChI=1S/C55H109N3O5/c1-5-9-13-17-21-25-29-33-39-49(59)45-57-48-52(42-36-32-28-24-20-16-12-8-4)63-55(62)53(57)43-37-38-44-54(56)58(46-50(60)40-34-30-26-22-18-14-10-6-2)47-51(61)41-35-31-27-23-19-15-11-7-3/h49-53,56,59-61H,5-48H2,1-4H3. The van der Waals surface area contributed by atoms with E-state index in [0.717, 1.165) is 83.5 Å². The number of unbranched alkanes of at least 4 members (excludes halogenated alkanes) is 29. The Morgan fingerprint density at radius 3 is 1.29 bits per heavy atom. The fourth-order valence-electron chi connectivity index (χ4n) is 9.65. The molecule has 63 heavy (non-hydrogen) atoms. The molecule has 0 bridgehead atoms. The van der Waals surface area contributed by atoms with E-state index in [1.807, 2.05) is 4.90 Å². The van der Waals surface area contributed by atoms with Gasteiger partial charge in [-0.25, -0.2) is 0 Å². The van der Waals surface area contributed by atoms with E-state index in [2.05, 4.69) is 32.6 Å². The molecule has 4 N–H and O–H groups in total. The molecule has 5 unspecified atom stereocenters. The zero-order valence-electron chi connectivity index (χ0n) is 42.6. The molecule has 0 amide bonds. The molecule has 5 atom stereocenters. The highest BCUT2D eigenvalue weighted by Crippen LogP contribution is 2.24. The molecule has 374 valence electrons. The fourth-order valence-corrected chi connectivity index (χ4v) is 9.65. The summed E-state index contributed by atoms with van der Waals surface area (Å²) in [7, 11) is 0. The van der Waals surface area contributed by atoms with E-state index in [1.165, 1.54) is 161 Å². The zero-order chi connectivity index (χ0) is 46.0. The van der Waals surface area contributed by atoms with Crippen molar-refractivity contribution in [1.29, 1.82) is 5.41 Å². The average Bonchev–Trinajstić information content (AvgIpc) is 3.26. The molecular weight excluding hydrogens is 783 g/mol. The van der Waals surface area contributed by atoms with Crippen LogP contribution in [0.4, 0.5) is 0 Å². The van der Waals surface area contributed by atoms with Crippen LogP contribution in [0, 0.1) is 5.41 Å². The molecule has 8 heteroatoms. The summed E-state index contributed by atoms with van der Waals surface area (Å²) in [6.45, 7) is 11.0. The van der Waals surface area contributed by atoms with Gasteiger partial charge in [0.1, 0.15) is 12.1 Å². The van der Waals surface area contributed by atoms with Crippen LogP contribution >= 0.6 is 0 Å². The predicted octanol–water partition coefficient (Wildman–Crippen LogP) is 14.6. The first kappa shape index (κ1) is 59.8. The molecule has 0 spiro atoms. The number of cyclic esters (lactones) is 1. The van der Waals surface area contributed by atoms with Crippen molar-refractivity contribution in [2.75, 3.05) is 26.2 Å². The normalized spacial score (nSPS) is 17.2. The number of esters is 1. The lowest BCUT2D eigenvalue weighted by Gasteiger charge is -2.39. The maximum Gasteiger partial charge on any atom is 0.323 e. The number of aliphatic hydroxyl groups excluding tert-OH is 3. The zero-order valence-corrected chi connectivity index (χ0v) is 42.6. The maximum atomic E-state index is 13.6. The van der Waals surface area contributed by atoms with E-state index in [4.69, 9.17) is 10.1 Å². The van der Waals surface area contributed by atoms with Gasteiger partial charge in [0.05, 0.1) is 24.1 Å². The summed E-state index contributed by atoms with van der Waals surface area (Å²) in [6.07, 6.45) is 44.0. The van der Waals surface area contributed by atoms with Crippen molar-refractivity contribution < 1.29 is 24.9 Å². The molecule has 0 aromatic carbocycles. The van der Waals surface area contributed by atoms with Crippen molar-refractivity contribution in [3.63, 3.8) is 0 Å². The topological polar surface area (TPSA) is 117 Å². The Labute approximate surface area is 391 Å². The largest absolute Gasteiger partial charge is 0.460 e. The number of aliphatic hydroxyl groups is 3.